The number of esters is 2. The van der Waals surface area contributed by atoms with Gasteiger partial charge in [0.25, 0.3) is 0 Å². The van der Waals surface area contributed by atoms with Gasteiger partial charge in [0.1, 0.15) is 11.5 Å². The Balaban J connectivity index is 1.28. The smallest absolute Gasteiger partial charge is 0.419 e. The molecular weight excluding hydrogens is 723 g/mol. The molecule has 6 aromatic carbocycles. The lowest BCUT2D eigenvalue weighted by molar-refractivity contribution is -0.212. The number of hydrogen-bond donors (Lipinski definition) is 0. The number of carbonyl (C=O) groups is 2. The van der Waals surface area contributed by atoms with Crippen LogP contribution < -0.4 is 9.47 Å². The summed E-state index contributed by atoms with van der Waals surface area (Å²) in [6.07, 6.45) is 0.295. The van der Waals surface area contributed by atoms with Crippen LogP contribution in [0.4, 0.5) is 0 Å². The zero-order chi connectivity index (χ0) is 38.3. The number of halogens is 2. The molecule has 0 spiro atoms. The highest BCUT2D eigenvalue weighted by atomic mass is 35.5. The Bertz CT molecular complexity index is 2090. The van der Waals surface area contributed by atoms with Gasteiger partial charge in [-0.3, -0.25) is 9.80 Å². The maximum atomic E-state index is 14.1. The molecule has 2 unspecified atom stereocenters. The minimum atomic E-state index is -1.47. The van der Waals surface area contributed by atoms with Gasteiger partial charge in [0.05, 0.1) is 13.2 Å². The molecule has 54 heavy (non-hydrogen) atoms. The SMILES string of the molecule is CN(C)C(CCOc1cccc2ccccc12)(OC(=O)C(=O)OC(CCOc1cccc2ccccc12)(c1cccc(Cl)c1)N(C)C)c1cccc(Cl)c1. The summed E-state index contributed by atoms with van der Waals surface area (Å²) < 4.78 is 25.1. The standard InChI is InChI=1S/C44H42Cl2N2O6/c1-47(2)43(33-17-11-19-35(45)29-33,25-27-51-39-23-9-15-31-13-5-7-21-37(31)39)53-41(49)42(50)54-44(48(3)4,34-18-12-20-36(46)30-34)26-28-52-40-24-10-16-32-14-6-8-22-38(32)40/h5-24,29-30H,25-28H2,1-4H3. The van der Waals surface area contributed by atoms with Crippen molar-refractivity contribution in [2.45, 2.75) is 24.3 Å². The van der Waals surface area contributed by atoms with Gasteiger partial charge in [-0.05, 0) is 75.4 Å². The van der Waals surface area contributed by atoms with Crippen LogP contribution >= 0.6 is 23.2 Å². The molecule has 0 aliphatic carbocycles. The third-order valence-electron chi connectivity index (χ3n) is 9.58. The van der Waals surface area contributed by atoms with E-state index in [1.165, 1.54) is 0 Å². The average molecular weight is 766 g/mol. The normalized spacial score (nSPS) is 13.7. The topological polar surface area (TPSA) is 77.5 Å². The highest BCUT2D eigenvalue weighted by Crippen LogP contribution is 2.38. The number of rotatable bonds is 14. The molecule has 0 aliphatic rings. The summed E-state index contributed by atoms with van der Waals surface area (Å²) in [6, 6.07) is 41.5. The van der Waals surface area contributed by atoms with Crippen molar-refractivity contribution >= 4 is 56.7 Å². The lowest BCUT2D eigenvalue weighted by Crippen LogP contribution is -2.51. The highest BCUT2D eigenvalue weighted by molar-refractivity contribution is 6.31. The first-order valence-corrected chi connectivity index (χ1v) is 18.3. The molecule has 8 nitrogen and oxygen atoms in total. The van der Waals surface area contributed by atoms with E-state index in [0.717, 1.165) is 21.5 Å². The van der Waals surface area contributed by atoms with Crippen LogP contribution in [0.3, 0.4) is 0 Å². The van der Waals surface area contributed by atoms with Gasteiger partial charge in [-0.1, -0.05) is 120 Å². The quantitative estimate of drug-likeness (QED) is 0.0617. The van der Waals surface area contributed by atoms with Gasteiger partial charge in [0.15, 0.2) is 11.4 Å². The molecule has 0 aliphatic heterocycles. The molecule has 0 N–H and O–H groups in total. The van der Waals surface area contributed by atoms with Crippen LogP contribution in [0, 0.1) is 0 Å². The number of fused-ring (bicyclic) bond motifs is 2. The van der Waals surface area contributed by atoms with Crippen LogP contribution in [0.1, 0.15) is 24.0 Å². The monoisotopic (exact) mass is 764 g/mol. The third-order valence-corrected chi connectivity index (χ3v) is 10.1. The fourth-order valence-corrected chi connectivity index (χ4v) is 7.13. The second kappa shape index (κ2) is 16.9. The first-order valence-electron chi connectivity index (χ1n) is 17.6. The van der Waals surface area contributed by atoms with Gasteiger partial charge in [0.2, 0.25) is 0 Å². The van der Waals surface area contributed by atoms with E-state index in [1.54, 1.807) is 86.5 Å². The van der Waals surface area contributed by atoms with Crippen LogP contribution in [0.2, 0.25) is 10.0 Å². The van der Waals surface area contributed by atoms with Gasteiger partial charge in [-0.2, -0.15) is 0 Å². The van der Waals surface area contributed by atoms with E-state index in [9.17, 15) is 9.59 Å². The highest BCUT2D eigenvalue weighted by Gasteiger charge is 2.45. The van der Waals surface area contributed by atoms with Crippen LogP contribution in [0.25, 0.3) is 21.5 Å². The summed E-state index contributed by atoms with van der Waals surface area (Å²) in [5.41, 5.74) is -1.83. The second-order valence-electron chi connectivity index (χ2n) is 13.3. The van der Waals surface area contributed by atoms with Gasteiger partial charge >= 0.3 is 11.9 Å². The Morgan fingerprint density at radius 1 is 0.519 bits per heavy atom. The molecule has 10 heteroatoms. The Morgan fingerprint density at radius 3 is 1.28 bits per heavy atom. The largest absolute Gasteiger partial charge is 0.493 e. The zero-order valence-corrected chi connectivity index (χ0v) is 32.1. The fraction of sp³-hybridized carbons (Fsp3) is 0.227. The molecule has 0 aromatic heterocycles. The van der Waals surface area contributed by atoms with Crippen molar-refractivity contribution in [2.75, 3.05) is 41.4 Å². The average Bonchev–Trinajstić information content (AvgIpc) is 3.17. The molecule has 0 saturated heterocycles. The predicted molar refractivity (Wildman–Crippen MR) is 214 cm³/mol. The van der Waals surface area contributed by atoms with E-state index in [1.807, 2.05) is 84.9 Å². The fourth-order valence-electron chi connectivity index (χ4n) is 6.75. The van der Waals surface area contributed by atoms with Gasteiger partial charge in [-0.25, -0.2) is 9.59 Å². The summed E-state index contributed by atoms with van der Waals surface area (Å²) in [5.74, 6) is -1.03. The number of hydrogen-bond acceptors (Lipinski definition) is 8. The summed E-state index contributed by atoms with van der Waals surface area (Å²) in [7, 11) is 7.05. The lowest BCUT2D eigenvalue weighted by Gasteiger charge is -2.41. The molecule has 278 valence electrons. The maximum absolute atomic E-state index is 14.1. The van der Waals surface area contributed by atoms with Crippen LogP contribution in [0.5, 0.6) is 11.5 Å². The number of carbonyl (C=O) groups excluding carboxylic acids is 2. The molecule has 0 bridgehead atoms. The van der Waals surface area contributed by atoms with Crippen molar-refractivity contribution in [1.29, 1.82) is 0 Å². The summed E-state index contributed by atoms with van der Waals surface area (Å²) in [5, 5.41) is 4.83. The van der Waals surface area contributed by atoms with Crippen molar-refractivity contribution in [3.05, 3.63) is 155 Å². The van der Waals surface area contributed by atoms with Gasteiger partial charge < -0.3 is 18.9 Å². The van der Waals surface area contributed by atoms with Crippen LogP contribution in [-0.4, -0.2) is 63.1 Å². The van der Waals surface area contributed by atoms with Crippen LogP contribution in [-0.2, 0) is 30.5 Å². The van der Waals surface area contributed by atoms with Crippen molar-refractivity contribution in [3.8, 4) is 11.5 Å². The van der Waals surface area contributed by atoms with E-state index < -0.39 is 23.4 Å². The molecular formula is C44H42Cl2N2O6. The van der Waals surface area contributed by atoms with E-state index in [4.69, 9.17) is 42.1 Å². The van der Waals surface area contributed by atoms with Crippen molar-refractivity contribution in [3.63, 3.8) is 0 Å². The third kappa shape index (κ3) is 8.32. The van der Waals surface area contributed by atoms with Crippen molar-refractivity contribution < 1.29 is 28.5 Å². The molecule has 0 saturated carbocycles. The zero-order valence-electron chi connectivity index (χ0n) is 30.6. The lowest BCUT2D eigenvalue weighted by atomic mass is 9.97. The predicted octanol–water partition coefficient (Wildman–Crippen LogP) is 9.45. The Kier molecular flexibility index (Phi) is 12.1. The second-order valence-corrected chi connectivity index (χ2v) is 14.2. The van der Waals surface area contributed by atoms with E-state index in [2.05, 4.69) is 0 Å². The van der Waals surface area contributed by atoms with Gasteiger partial charge in [0, 0.05) is 44.8 Å². The van der Waals surface area contributed by atoms with E-state index in [-0.39, 0.29) is 26.1 Å². The number of benzene rings is 6. The maximum Gasteiger partial charge on any atom is 0.419 e. The molecule has 0 fully saturated rings. The minimum Gasteiger partial charge on any atom is -0.493 e. The van der Waals surface area contributed by atoms with Gasteiger partial charge in [-0.15, -0.1) is 0 Å². The summed E-state index contributed by atoms with van der Waals surface area (Å²) in [4.78, 5) is 31.6. The molecule has 6 aromatic rings. The molecule has 6 rings (SSSR count). The first kappa shape index (κ1) is 38.6. The Morgan fingerprint density at radius 2 is 0.889 bits per heavy atom. The summed E-state index contributed by atoms with van der Waals surface area (Å²) in [6.45, 7) is 0.271. The Labute approximate surface area is 325 Å². The molecule has 0 heterocycles. The Hall–Kier alpha value is -5.12. The number of ether oxygens (including phenoxy) is 4. The van der Waals surface area contributed by atoms with Crippen molar-refractivity contribution in [2.24, 2.45) is 0 Å². The van der Waals surface area contributed by atoms with Crippen LogP contribution in [0.15, 0.2) is 133 Å². The van der Waals surface area contributed by atoms with E-state index >= 15 is 0 Å². The first-order chi connectivity index (χ1) is 26.0. The molecule has 2 atom stereocenters. The number of nitrogens with zero attached hydrogens (tertiary/aromatic N) is 2. The molecule has 0 radical (unpaired) electrons. The minimum absolute atomic E-state index is 0.136. The van der Waals surface area contributed by atoms with Crippen molar-refractivity contribution in [1.82, 2.24) is 9.80 Å². The summed E-state index contributed by atoms with van der Waals surface area (Å²) >= 11 is 12.9. The van der Waals surface area contributed by atoms with E-state index in [0.29, 0.717) is 32.7 Å². The molecule has 0 amide bonds.